The Bertz CT molecular complexity index is 391. The molecule has 0 aromatic heterocycles. The number of amides is 1. The molecule has 1 rings (SSSR count). The van der Waals surface area contributed by atoms with E-state index in [9.17, 15) is 4.79 Å². The van der Waals surface area contributed by atoms with Crippen LogP contribution >= 0.6 is 0 Å². The maximum Gasteiger partial charge on any atom is 0.220 e. The lowest BCUT2D eigenvalue weighted by molar-refractivity contribution is -0.118. The van der Waals surface area contributed by atoms with Gasteiger partial charge in [-0.1, -0.05) is 24.6 Å². The van der Waals surface area contributed by atoms with Crippen LogP contribution in [0.25, 0.3) is 0 Å². The van der Waals surface area contributed by atoms with Gasteiger partial charge in [0, 0.05) is 12.1 Å². The highest BCUT2D eigenvalue weighted by Gasteiger charge is 2.04. The highest BCUT2D eigenvalue weighted by Crippen LogP contribution is 2.20. The highest BCUT2D eigenvalue weighted by molar-refractivity contribution is 5.73. The average molecular weight is 250 g/mol. The third-order valence-corrected chi connectivity index (χ3v) is 2.56. The SMILES string of the molecule is CCCNCc1cc(C)ccc1OCCC(N)=O. The van der Waals surface area contributed by atoms with Gasteiger partial charge in [0.05, 0.1) is 13.0 Å². The monoisotopic (exact) mass is 250 g/mol. The Labute approximate surface area is 109 Å². The number of nitrogens with one attached hydrogen (secondary N) is 1. The zero-order valence-corrected chi connectivity index (χ0v) is 11.2. The van der Waals surface area contributed by atoms with E-state index < -0.39 is 0 Å². The molecule has 0 spiro atoms. The third kappa shape index (κ3) is 5.19. The summed E-state index contributed by atoms with van der Waals surface area (Å²) in [5.41, 5.74) is 7.40. The molecule has 3 N–H and O–H groups in total. The first-order valence-corrected chi connectivity index (χ1v) is 6.34. The molecule has 0 atom stereocenters. The van der Waals surface area contributed by atoms with E-state index in [2.05, 4.69) is 25.2 Å². The van der Waals surface area contributed by atoms with Crippen molar-refractivity contribution < 1.29 is 9.53 Å². The fourth-order valence-corrected chi connectivity index (χ4v) is 1.65. The highest BCUT2D eigenvalue weighted by atomic mass is 16.5. The van der Waals surface area contributed by atoms with Crippen molar-refractivity contribution in [3.05, 3.63) is 29.3 Å². The number of hydrogen-bond acceptors (Lipinski definition) is 3. The summed E-state index contributed by atoms with van der Waals surface area (Å²) < 4.78 is 5.59. The Balaban J connectivity index is 2.60. The lowest BCUT2D eigenvalue weighted by Crippen LogP contribution is -2.17. The first kappa shape index (κ1) is 14.5. The summed E-state index contributed by atoms with van der Waals surface area (Å²) in [6, 6.07) is 6.05. The van der Waals surface area contributed by atoms with E-state index in [0.29, 0.717) is 6.61 Å². The van der Waals surface area contributed by atoms with Crippen molar-refractivity contribution in [2.45, 2.75) is 33.2 Å². The van der Waals surface area contributed by atoms with Gasteiger partial charge in [-0.25, -0.2) is 0 Å². The number of benzene rings is 1. The van der Waals surface area contributed by atoms with Crippen LogP contribution in [0, 0.1) is 6.92 Å². The summed E-state index contributed by atoms with van der Waals surface area (Å²) in [5.74, 6) is 0.484. The minimum atomic E-state index is -0.340. The minimum absolute atomic E-state index is 0.246. The molecule has 0 radical (unpaired) electrons. The van der Waals surface area contributed by atoms with Crippen LogP contribution in [-0.2, 0) is 11.3 Å². The van der Waals surface area contributed by atoms with E-state index in [4.69, 9.17) is 10.5 Å². The van der Waals surface area contributed by atoms with Gasteiger partial charge in [0.1, 0.15) is 5.75 Å². The van der Waals surface area contributed by atoms with E-state index in [0.717, 1.165) is 30.8 Å². The number of ether oxygens (including phenoxy) is 1. The van der Waals surface area contributed by atoms with Crippen molar-refractivity contribution in [3.8, 4) is 5.75 Å². The van der Waals surface area contributed by atoms with Crippen LogP contribution in [0.4, 0.5) is 0 Å². The van der Waals surface area contributed by atoms with Gasteiger partial charge >= 0.3 is 0 Å². The van der Waals surface area contributed by atoms with Crippen molar-refractivity contribution in [3.63, 3.8) is 0 Å². The lowest BCUT2D eigenvalue weighted by atomic mass is 10.1. The molecule has 0 fully saturated rings. The van der Waals surface area contributed by atoms with E-state index in [-0.39, 0.29) is 12.3 Å². The van der Waals surface area contributed by atoms with Crippen LogP contribution in [0.1, 0.15) is 30.9 Å². The molecule has 4 nitrogen and oxygen atoms in total. The Morgan fingerprint density at radius 1 is 1.44 bits per heavy atom. The summed E-state index contributed by atoms with van der Waals surface area (Å²) in [5, 5.41) is 3.35. The van der Waals surface area contributed by atoms with E-state index in [1.807, 2.05) is 12.1 Å². The second kappa shape index (κ2) is 7.71. The summed E-state index contributed by atoms with van der Waals surface area (Å²) in [6.07, 6.45) is 1.35. The van der Waals surface area contributed by atoms with E-state index in [1.54, 1.807) is 0 Å². The zero-order chi connectivity index (χ0) is 13.4. The normalized spacial score (nSPS) is 10.3. The summed E-state index contributed by atoms with van der Waals surface area (Å²) in [4.78, 5) is 10.7. The smallest absolute Gasteiger partial charge is 0.220 e. The fourth-order valence-electron chi connectivity index (χ4n) is 1.65. The molecule has 0 saturated carbocycles. The van der Waals surface area contributed by atoms with E-state index in [1.165, 1.54) is 5.56 Å². The van der Waals surface area contributed by atoms with Crippen molar-refractivity contribution in [1.82, 2.24) is 5.32 Å². The van der Waals surface area contributed by atoms with Gasteiger partial charge < -0.3 is 15.8 Å². The number of hydrogen-bond donors (Lipinski definition) is 2. The number of carbonyl (C=O) groups is 1. The molecule has 0 heterocycles. The molecule has 18 heavy (non-hydrogen) atoms. The molecule has 100 valence electrons. The first-order chi connectivity index (χ1) is 8.63. The summed E-state index contributed by atoms with van der Waals surface area (Å²) >= 11 is 0. The van der Waals surface area contributed by atoms with Gasteiger partial charge in [0.25, 0.3) is 0 Å². The first-order valence-electron chi connectivity index (χ1n) is 6.34. The molecule has 0 bridgehead atoms. The van der Waals surface area contributed by atoms with Gasteiger partial charge in [-0.3, -0.25) is 4.79 Å². The van der Waals surface area contributed by atoms with Crippen LogP contribution in [-0.4, -0.2) is 19.1 Å². The van der Waals surface area contributed by atoms with Gasteiger partial charge in [-0.15, -0.1) is 0 Å². The maximum atomic E-state index is 10.7. The van der Waals surface area contributed by atoms with Crippen molar-refractivity contribution >= 4 is 5.91 Å². The molecule has 0 saturated heterocycles. The third-order valence-electron chi connectivity index (χ3n) is 2.56. The predicted octanol–water partition coefficient (Wildman–Crippen LogP) is 1.75. The number of primary amides is 1. The fraction of sp³-hybridized carbons (Fsp3) is 0.500. The lowest BCUT2D eigenvalue weighted by Gasteiger charge is -2.12. The van der Waals surface area contributed by atoms with Crippen LogP contribution in [0.15, 0.2) is 18.2 Å². The maximum absolute atomic E-state index is 10.7. The van der Waals surface area contributed by atoms with Crippen molar-refractivity contribution in [1.29, 1.82) is 0 Å². The van der Waals surface area contributed by atoms with Crippen LogP contribution in [0.3, 0.4) is 0 Å². The Morgan fingerprint density at radius 2 is 2.22 bits per heavy atom. The average Bonchev–Trinajstić information content (AvgIpc) is 2.32. The van der Waals surface area contributed by atoms with Crippen LogP contribution in [0.2, 0.25) is 0 Å². The number of carbonyl (C=O) groups excluding carboxylic acids is 1. The van der Waals surface area contributed by atoms with Gasteiger partial charge in [-0.05, 0) is 26.0 Å². The molecule has 0 aliphatic rings. The molecule has 0 aliphatic carbocycles. The zero-order valence-electron chi connectivity index (χ0n) is 11.2. The Hall–Kier alpha value is -1.55. The van der Waals surface area contributed by atoms with Crippen molar-refractivity contribution in [2.24, 2.45) is 5.73 Å². The Kier molecular flexibility index (Phi) is 6.22. The molecule has 1 amide bonds. The quantitative estimate of drug-likeness (QED) is 0.691. The summed E-state index contributed by atoms with van der Waals surface area (Å²) in [6.45, 7) is 6.28. The second-order valence-electron chi connectivity index (χ2n) is 4.35. The molecule has 0 aliphatic heterocycles. The van der Waals surface area contributed by atoms with Gasteiger partial charge in [-0.2, -0.15) is 0 Å². The standard InChI is InChI=1S/C14H22N2O2/c1-3-7-16-10-12-9-11(2)4-5-13(12)18-8-6-14(15)17/h4-5,9,16H,3,6-8,10H2,1-2H3,(H2,15,17). The number of nitrogens with two attached hydrogens (primary N) is 1. The van der Waals surface area contributed by atoms with Gasteiger partial charge in [0.15, 0.2) is 0 Å². The van der Waals surface area contributed by atoms with Crippen LogP contribution in [0.5, 0.6) is 5.75 Å². The number of aryl methyl sites for hydroxylation is 1. The topological polar surface area (TPSA) is 64.3 Å². The molecular formula is C14H22N2O2. The largest absolute Gasteiger partial charge is 0.493 e. The number of rotatable bonds is 8. The molecular weight excluding hydrogens is 228 g/mol. The minimum Gasteiger partial charge on any atom is -0.493 e. The molecule has 0 unspecified atom stereocenters. The summed E-state index contributed by atoms with van der Waals surface area (Å²) in [7, 11) is 0. The van der Waals surface area contributed by atoms with Crippen LogP contribution < -0.4 is 15.8 Å². The molecule has 1 aromatic rings. The van der Waals surface area contributed by atoms with E-state index >= 15 is 0 Å². The molecule has 1 aromatic carbocycles. The Morgan fingerprint density at radius 3 is 2.89 bits per heavy atom. The molecule has 4 heteroatoms. The predicted molar refractivity (Wildman–Crippen MR) is 72.5 cm³/mol. The second-order valence-corrected chi connectivity index (χ2v) is 4.35. The van der Waals surface area contributed by atoms with Gasteiger partial charge in [0.2, 0.25) is 5.91 Å². The van der Waals surface area contributed by atoms with Crippen molar-refractivity contribution in [2.75, 3.05) is 13.2 Å².